The highest BCUT2D eigenvalue weighted by atomic mass is 16.1. The molecule has 0 aliphatic carbocycles. The molecule has 2 aromatic heterocycles. The predicted octanol–water partition coefficient (Wildman–Crippen LogP) is 1.47. The third-order valence-electron chi connectivity index (χ3n) is 3.31. The Morgan fingerprint density at radius 1 is 1.25 bits per heavy atom. The fourth-order valence-electron chi connectivity index (χ4n) is 2.12. The average molecular weight is 328 g/mol. The number of nitrogens with one attached hydrogen (secondary N) is 2. The number of aryl methyl sites for hydroxylation is 1. The van der Waals surface area contributed by atoms with Gasteiger partial charge in [0.2, 0.25) is 5.95 Å². The molecule has 0 saturated carbocycles. The minimum Gasteiger partial charge on any atom is -0.351 e. The molecule has 2 N–H and O–H groups in total. The van der Waals surface area contributed by atoms with Gasteiger partial charge in [-0.3, -0.25) is 9.78 Å². The van der Waals surface area contributed by atoms with Crippen molar-refractivity contribution in [3.05, 3.63) is 47.5 Å². The van der Waals surface area contributed by atoms with Crippen LogP contribution in [0.15, 0.2) is 30.5 Å². The summed E-state index contributed by atoms with van der Waals surface area (Å²) in [5.41, 5.74) is 2.00. The van der Waals surface area contributed by atoms with E-state index in [4.69, 9.17) is 0 Å². The van der Waals surface area contributed by atoms with E-state index in [0.29, 0.717) is 24.7 Å². The molecule has 2 heterocycles. The summed E-state index contributed by atoms with van der Waals surface area (Å²) in [6, 6.07) is 7.40. The molecule has 0 spiro atoms. The SMILES string of the molecule is Cc1cc(C(=O)NCCCN(C)C)nc(NCc2ccccn2)n1. The number of pyridine rings is 1. The smallest absolute Gasteiger partial charge is 0.270 e. The molecule has 0 saturated heterocycles. The summed E-state index contributed by atoms with van der Waals surface area (Å²) in [6.07, 6.45) is 2.63. The van der Waals surface area contributed by atoms with Gasteiger partial charge >= 0.3 is 0 Å². The van der Waals surface area contributed by atoms with Gasteiger partial charge in [-0.05, 0) is 52.2 Å². The molecule has 0 aliphatic rings. The van der Waals surface area contributed by atoms with E-state index < -0.39 is 0 Å². The number of carbonyl (C=O) groups is 1. The monoisotopic (exact) mass is 328 g/mol. The second kappa shape index (κ2) is 8.93. The van der Waals surface area contributed by atoms with E-state index >= 15 is 0 Å². The Hall–Kier alpha value is -2.54. The maximum absolute atomic E-state index is 12.2. The van der Waals surface area contributed by atoms with Gasteiger partial charge in [-0.25, -0.2) is 9.97 Å². The van der Waals surface area contributed by atoms with Crippen LogP contribution in [0.5, 0.6) is 0 Å². The van der Waals surface area contributed by atoms with E-state index in [1.807, 2.05) is 39.2 Å². The van der Waals surface area contributed by atoms with E-state index in [1.165, 1.54) is 0 Å². The van der Waals surface area contributed by atoms with E-state index in [-0.39, 0.29) is 5.91 Å². The molecule has 2 rings (SSSR count). The summed E-state index contributed by atoms with van der Waals surface area (Å²) < 4.78 is 0. The van der Waals surface area contributed by atoms with Gasteiger partial charge in [-0.15, -0.1) is 0 Å². The molecule has 0 atom stereocenters. The van der Waals surface area contributed by atoms with Crippen LogP contribution in [0, 0.1) is 6.92 Å². The van der Waals surface area contributed by atoms with Crippen LogP contribution in [0.3, 0.4) is 0 Å². The number of anilines is 1. The predicted molar refractivity (Wildman–Crippen MR) is 93.8 cm³/mol. The van der Waals surface area contributed by atoms with Gasteiger partial charge in [0, 0.05) is 18.4 Å². The van der Waals surface area contributed by atoms with Crippen molar-refractivity contribution in [1.29, 1.82) is 0 Å². The lowest BCUT2D eigenvalue weighted by Crippen LogP contribution is -2.28. The molecule has 7 nitrogen and oxygen atoms in total. The van der Waals surface area contributed by atoms with Crippen molar-refractivity contribution in [3.63, 3.8) is 0 Å². The molecule has 7 heteroatoms. The highest BCUT2D eigenvalue weighted by Gasteiger charge is 2.10. The first-order chi connectivity index (χ1) is 11.5. The van der Waals surface area contributed by atoms with E-state index in [2.05, 4.69) is 30.5 Å². The molecule has 0 fully saturated rings. The number of carbonyl (C=O) groups excluding carboxylic acids is 1. The summed E-state index contributed by atoms with van der Waals surface area (Å²) in [5, 5.41) is 5.99. The topological polar surface area (TPSA) is 83.0 Å². The van der Waals surface area contributed by atoms with Crippen molar-refractivity contribution >= 4 is 11.9 Å². The average Bonchev–Trinajstić information content (AvgIpc) is 2.57. The Bertz CT molecular complexity index is 659. The lowest BCUT2D eigenvalue weighted by molar-refractivity contribution is 0.0947. The van der Waals surface area contributed by atoms with Gasteiger partial charge in [-0.2, -0.15) is 0 Å². The highest BCUT2D eigenvalue weighted by Crippen LogP contribution is 2.06. The minimum atomic E-state index is -0.180. The maximum atomic E-state index is 12.2. The van der Waals surface area contributed by atoms with Gasteiger partial charge in [0.25, 0.3) is 5.91 Å². The molecule has 128 valence electrons. The van der Waals surface area contributed by atoms with E-state index in [0.717, 1.165) is 24.4 Å². The molecule has 0 aromatic carbocycles. The number of amides is 1. The third-order valence-corrected chi connectivity index (χ3v) is 3.31. The van der Waals surface area contributed by atoms with Gasteiger partial charge in [0.15, 0.2) is 0 Å². The van der Waals surface area contributed by atoms with Crippen LogP contribution in [-0.2, 0) is 6.54 Å². The Morgan fingerprint density at radius 2 is 2.08 bits per heavy atom. The van der Waals surface area contributed by atoms with Crippen molar-refractivity contribution in [2.24, 2.45) is 0 Å². The Kier molecular flexibility index (Phi) is 6.62. The molecule has 0 radical (unpaired) electrons. The molecule has 0 aliphatic heterocycles. The van der Waals surface area contributed by atoms with Crippen LogP contribution in [0.2, 0.25) is 0 Å². The first kappa shape index (κ1) is 17.8. The number of rotatable bonds is 8. The van der Waals surface area contributed by atoms with Gasteiger partial charge in [-0.1, -0.05) is 6.07 Å². The number of aromatic nitrogens is 3. The van der Waals surface area contributed by atoms with Crippen molar-refractivity contribution in [3.8, 4) is 0 Å². The second-order valence-corrected chi connectivity index (χ2v) is 5.81. The van der Waals surface area contributed by atoms with Gasteiger partial charge in [0.1, 0.15) is 5.69 Å². The Morgan fingerprint density at radius 3 is 2.79 bits per heavy atom. The van der Waals surface area contributed by atoms with Gasteiger partial charge < -0.3 is 15.5 Å². The lowest BCUT2D eigenvalue weighted by atomic mass is 10.3. The van der Waals surface area contributed by atoms with Crippen LogP contribution < -0.4 is 10.6 Å². The van der Waals surface area contributed by atoms with Crippen LogP contribution in [0.25, 0.3) is 0 Å². The van der Waals surface area contributed by atoms with Crippen LogP contribution >= 0.6 is 0 Å². The van der Waals surface area contributed by atoms with Crippen molar-refractivity contribution in [1.82, 2.24) is 25.2 Å². The summed E-state index contributed by atoms with van der Waals surface area (Å²) in [6.45, 7) is 3.90. The highest BCUT2D eigenvalue weighted by molar-refractivity contribution is 5.92. The molecule has 2 aromatic rings. The molecule has 24 heavy (non-hydrogen) atoms. The number of hydrogen-bond acceptors (Lipinski definition) is 6. The molecule has 0 unspecified atom stereocenters. The third kappa shape index (κ3) is 5.92. The largest absolute Gasteiger partial charge is 0.351 e. The second-order valence-electron chi connectivity index (χ2n) is 5.81. The lowest BCUT2D eigenvalue weighted by Gasteiger charge is -2.10. The first-order valence-electron chi connectivity index (χ1n) is 7.97. The van der Waals surface area contributed by atoms with Crippen molar-refractivity contribution < 1.29 is 4.79 Å². The first-order valence-corrected chi connectivity index (χ1v) is 7.97. The van der Waals surface area contributed by atoms with Crippen molar-refractivity contribution in [2.45, 2.75) is 19.9 Å². The fourth-order valence-corrected chi connectivity index (χ4v) is 2.12. The quantitative estimate of drug-likeness (QED) is 0.714. The van der Waals surface area contributed by atoms with Gasteiger partial charge in [0.05, 0.1) is 12.2 Å². The van der Waals surface area contributed by atoms with E-state index in [1.54, 1.807) is 12.3 Å². The standard InChI is InChI=1S/C17H24N6O/c1-13-11-15(16(24)19-9-6-10-23(2)3)22-17(21-13)20-12-14-7-4-5-8-18-14/h4-5,7-8,11H,6,9-10,12H2,1-3H3,(H,19,24)(H,20,21,22). The van der Waals surface area contributed by atoms with Crippen LogP contribution in [0.4, 0.5) is 5.95 Å². The van der Waals surface area contributed by atoms with Crippen LogP contribution in [0.1, 0.15) is 28.3 Å². The summed E-state index contributed by atoms with van der Waals surface area (Å²) in [5.74, 6) is 0.249. The summed E-state index contributed by atoms with van der Waals surface area (Å²) in [7, 11) is 4.02. The van der Waals surface area contributed by atoms with Crippen molar-refractivity contribution in [2.75, 3.05) is 32.5 Å². The number of nitrogens with zero attached hydrogens (tertiary/aromatic N) is 4. The van der Waals surface area contributed by atoms with Crippen LogP contribution in [-0.4, -0.2) is 52.9 Å². The van der Waals surface area contributed by atoms with E-state index in [9.17, 15) is 4.79 Å². The fraction of sp³-hybridized carbons (Fsp3) is 0.412. The molecular formula is C17H24N6O. The Labute approximate surface area is 142 Å². The minimum absolute atomic E-state index is 0.180. The Balaban J connectivity index is 1.93. The zero-order valence-corrected chi connectivity index (χ0v) is 14.4. The molecular weight excluding hydrogens is 304 g/mol. The normalized spacial score (nSPS) is 10.7. The maximum Gasteiger partial charge on any atom is 0.270 e. The zero-order chi connectivity index (χ0) is 17.4. The summed E-state index contributed by atoms with van der Waals surface area (Å²) in [4.78, 5) is 27.1. The zero-order valence-electron chi connectivity index (χ0n) is 14.4. The molecule has 0 bridgehead atoms. The summed E-state index contributed by atoms with van der Waals surface area (Å²) >= 11 is 0. The molecule has 1 amide bonds. The number of hydrogen-bond donors (Lipinski definition) is 2.